The van der Waals surface area contributed by atoms with E-state index in [4.69, 9.17) is 9.05 Å². The molecule has 2 heterocycles. The summed E-state index contributed by atoms with van der Waals surface area (Å²) in [6.07, 6.45) is 14.9. The van der Waals surface area contributed by atoms with Crippen molar-refractivity contribution in [2.24, 2.45) is 0 Å². The average Bonchev–Trinajstić information content (AvgIpc) is 3.56. The van der Waals surface area contributed by atoms with Crippen LogP contribution in [0.4, 0.5) is 0 Å². The van der Waals surface area contributed by atoms with Crippen LogP contribution in [0.25, 0.3) is 0 Å². The molecule has 2 saturated carbocycles. The Morgan fingerprint density at radius 3 is 1.54 bits per heavy atom. The third-order valence-corrected chi connectivity index (χ3v) is 6.84. The minimum absolute atomic E-state index is 0.0329. The van der Waals surface area contributed by atoms with Crippen LogP contribution in [0.5, 0.6) is 11.8 Å². The maximum atomic E-state index is 10.3. The Kier molecular flexibility index (Phi) is 5.36. The molecule has 2 aromatic rings. The van der Waals surface area contributed by atoms with Crippen LogP contribution in [0.15, 0.2) is 21.6 Å². The van der Waals surface area contributed by atoms with Gasteiger partial charge < -0.3 is 24.4 Å². The Bertz CT molecular complexity index is 711. The summed E-state index contributed by atoms with van der Waals surface area (Å²) in [6.45, 7) is 0. The Labute approximate surface area is 164 Å². The molecule has 0 saturated heterocycles. The van der Waals surface area contributed by atoms with Crippen LogP contribution in [0.2, 0.25) is 0 Å². The van der Waals surface area contributed by atoms with E-state index < -0.39 is 0 Å². The third-order valence-electron chi connectivity index (χ3n) is 6.84. The van der Waals surface area contributed by atoms with Gasteiger partial charge in [-0.05, 0) is 61.7 Å². The van der Waals surface area contributed by atoms with Crippen LogP contribution < -0.4 is 0 Å². The van der Waals surface area contributed by atoms with Gasteiger partial charge in [-0.2, -0.15) is 0 Å². The van der Waals surface area contributed by atoms with Gasteiger partial charge in [0.2, 0.25) is 0 Å². The zero-order valence-corrected chi connectivity index (χ0v) is 16.3. The van der Waals surface area contributed by atoms with Crippen molar-refractivity contribution in [1.29, 1.82) is 0 Å². The van der Waals surface area contributed by atoms with Crippen molar-refractivity contribution >= 4 is 0 Å². The lowest BCUT2D eigenvalue weighted by atomic mass is 9.90. The van der Waals surface area contributed by atoms with Gasteiger partial charge in [0.1, 0.15) is 12.5 Å². The van der Waals surface area contributed by atoms with E-state index in [1.54, 1.807) is 12.5 Å². The average molecular weight is 390 g/mol. The highest BCUT2D eigenvalue weighted by Gasteiger charge is 2.47. The third kappa shape index (κ3) is 4.04. The number of rotatable bonds is 12. The molecule has 3 N–H and O–H groups in total. The first-order valence-electron chi connectivity index (χ1n) is 10.5. The smallest absolute Gasteiger partial charge is 0.255 e. The predicted molar refractivity (Wildman–Crippen MR) is 101 cm³/mol. The van der Waals surface area contributed by atoms with Crippen molar-refractivity contribution < 1.29 is 24.4 Å². The molecule has 154 valence electrons. The van der Waals surface area contributed by atoms with Crippen LogP contribution in [-0.2, 0) is 10.8 Å². The first-order valence-corrected chi connectivity index (χ1v) is 10.5. The second-order valence-electron chi connectivity index (χ2n) is 8.81. The van der Waals surface area contributed by atoms with E-state index in [9.17, 15) is 15.3 Å². The summed E-state index contributed by atoms with van der Waals surface area (Å²) >= 11 is 0. The standard InChI is InChI=1S/C21H30N2O5/c24-15(5-1-3-7-20(9-10-20)16-13-27-22-18(16)25)6-2-4-8-21(11-12-21)17-14-28-23-19(17)26/h13-15,24H,1-12H2,(H,22,25)(H,23,26). The van der Waals surface area contributed by atoms with Crippen molar-refractivity contribution in [3.63, 3.8) is 0 Å². The van der Waals surface area contributed by atoms with Crippen LogP contribution in [-0.4, -0.2) is 31.7 Å². The zero-order chi connectivity index (χ0) is 19.6. The molecule has 28 heavy (non-hydrogen) atoms. The molecule has 0 amide bonds. The fourth-order valence-electron chi connectivity index (χ4n) is 4.63. The van der Waals surface area contributed by atoms with Crippen molar-refractivity contribution in [3.8, 4) is 11.8 Å². The SMILES string of the molecule is Oc1nocc1C1(CCCCC(O)CCCCC2(c3conc3O)CC2)CC1. The van der Waals surface area contributed by atoms with Crippen molar-refractivity contribution in [1.82, 2.24) is 10.3 Å². The van der Waals surface area contributed by atoms with Gasteiger partial charge in [0.15, 0.2) is 0 Å². The van der Waals surface area contributed by atoms with Crippen LogP contribution in [0, 0.1) is 0 Å². The Morgan fingerprint density at radius 2 is 1.21 bits per heavy atom. The van der Waals surface area contributed by atoms with Gasteiger partial charge in [0.25, 0.3) is 11.8 Å². The number of aromatic nitrogens is 2. The van der Waals surface area contributed by atoms with Crippen LogP contribution in [0.1, 0.15) is 88.2 Å². The Morgan fingerprint density at radius 1 is 0.786 bits per heavy atom. The fraction of sp³-hybridized carbons (Fsp3) is 0.714. The predicted octanol–water partition coefficient (Wildman–Crippen LogP) is 4.32. The number of aliphatic hydroxyl groups is 1. The van der Waals surface area contributed by atoms with E-state index in [0.29, 0.717) is 0 Å². The highest BCUT2D eigenvalue weighted by molar-refractivity contribution is 5.35. The molecule has 0 unspecified atom stereocenters. The molecular formula is C21H30N2O5. The molecule has 0 bridgehead atoms. The summed E-state index contributed by atoms with van der Waals surface area (Å²) in [4.78, 5) is 0. The summed E-state index contributed by atoms with van der Waals surface area (Å²) in [6, 6.07) is 0. The van der Waals surface area contributed by atoms with Gasteiger partial charge in [0.05, 0.1) is 17.2 Å². The van der Waals surface area contributed by atoms with Gasteiger partial charge in [-0.3, -0.25) is 0 Å². The molecule has 2 fully saturated rings. The van der Waals surface area contributed by atoms with E-state index >= 15 is 0 Å². The number of unbranched alkanes of at least 4 members (excludes halogenated alkanes) is 2. The number of hydrogen-bond acceptors (Lipinski definition) is 7. The molecular weight excluding hydrogens is 360 g/mol. The minimum atomic E-state index is -0.252. The van der Waals surface area contributed by atoms with Crippen LogP contribution in [0.3, 0.4) is 0 Å². The first kappa shape index (κ1) is 19.3. The first-order chi connectivity index (χ1) is 13.5. The fourth-order valence-corrected chi connectivity index (χ4v) is 4.63. The molecule has 7 nitrogen and oxygen atoms in total. The molecule has 0 aromatic carbocycles. The Balaban J connectivity index is 1.10. The molecule has 2 aliphatic carbocycles. The van der Waals surface area contributed by atoms with Gasteiger partial charge in [-0.25, -0.2) is 0 Å². The molecule has 2 aromatic heterocycles. The molecule has 0 atom stereocenters. The molecule has 4 rings (SSSR count). The number of aromatic hydroxyl groups is 2. The monoisotopic (exact) mass is 390 g/mol. The Hall–Kier alpha value is -2.02. The maximum absolute atomic E-state index is 10.3. The highest BCUT2D eigenvalue weighted by Crippen LogP contribution is 2.55. The molecule has 0 spiro atoms. The lowest BCUT2D eigenvalue weighted by Gasteiger charge is -2.15. The van der Waals surface area contributed by atoms with Gasteiger partial charge >= 0.3 is 0 Å². The van der Waals surface area contributed by atoms with Gasteiger partial charge in [0, 0.05) is 10.8 Å². The van der Waals surface area contributed by atoms with Crippen molar-refractivity contribution in [2.45, 2.75) is 94.0 Å². The second kappa shape index (κ2) is 7.78. The molecule has 0 radical (unpaired) electrons. The van der Waals surface area contributed by atoms with Gasteiger partial charge in [-0.1, -0.05) is 25.7 Å². The highest BCUT2D eigenvalue weighted by atomic mass is 16.5. The van der Waals surface area contributed by atoms with E-state index in [1.165, 1.54) is 0 Å². The zero-order valence-electron chi connectivity index (χ0n) is 16.3. The van der Waals surface area contributed by atoms with Crippen LogP contribution >= 0.6 is 0 Å². The number of aliphatic hydroxyl groups excluding tert-OH is 1. The topological polar surface area (TPSA) is 113 Å². The summed E-state index contributed by atoms with van der Waals surface area (Å²) in [5, 5.41) is 37.0. The lowest BCUT2D eigenvalue weighted by molar-refractivity contribution is 0.146. The van der Waals surface area contributed by atoms with E-state index in [0.717, 1.165) is 88.2 Å². The molecule has 2 aliphatic rings. The van der Waals surface area contributed by atoms with Gasteiger partial charge in [-0.15, -0.1) is 0 Å². The largest absolute Gasteiger partial charge is 0.491 e. The summed E-state index contributed by atoms with van der Waals surface area (Å²) < 4.78 is 9.73. The normalized spacial score (nSPS) is 19.2. The molecule has 7 heteroatoms. The number of nitrogens with zero attached hydrogens (tertiary/aromatic N) is 2. The number of hydrogen-bond donors (Lipinski definition) is 3. The maximum Gasteiger partial charge on any atom is 0.255 e. The summed E-state index contributed by atoms with van der Waals surface area (Å²) in [5.41, 5.74) is 1.81. The summed E-state index contributed by atoms with van der Waals surface area (Å²) in [7, 11) is 0. The van der Waals surface area contributed by atoms with E-state index in [1.807, 2.05) is 0 Å². The van der Waals surface area contributed by atoms with Crippen molar-refractivity contribution in [2.75, 3.05) is 0 Å². The molecule has 0 aliphatic heterocycles. The van der Waals surface area contributed by atoms with E-state index in [2.05, 4.69) is 10.3 Å². The quantitative estimate of drug-likeness (QED) is 0.463. The second-order valence-corrected chi connectivity index (χ2v) is 8.81. The summed E-state index contributed by atoms with van der Waals surface area (Å²) in [5.74, 6) is 0.0657. The van der Waals surface area contributed by atoms with Crippen molar-refractivity contribution in [3.05, 3.63) is 23.7 Å². The lowest BCUT2D eigenvalue weighted by Crippen LogP contribution is -2.10. The minimum Gasteiger partial charge on any atom is -0.491 e. The van der Waals surface area contributed by atoms with E-state index in [-0.39, 0.29) is 28.7 Å².